The van der Waals surface area contributed by atoms with Crippen LogP contribution in [-0.4, -0.2) is 5.78 Å². The molecule has 1 fully saturated rings. The summed E-state index contributed by atoms with van der Waals surface area (Å²) in [5.74, 6) is 0.0255. The predicted octanol–water partition coefficient (Wildman–Crippen LogP) is 3.96. The molecule has 0 heterocycles. The zero-order valence-corrected chi connectivity index (χ0v) is 10.6. The summed E-state index contributed by atoms with van der Waals surface area (Å²) < 4.78 is 13.1. The number of Topliss-reactive ketones (excluding diaryl/α,β-unsaturated/α-hetero) is 1. The van der Waals surface area contributed by atoms with E-state index >= 15 is 0 Å². The van der Waals surface area contributed by atoms with Gasteiger partial charge in [0, 0.05) is 23.9 Å². The first-order valence-electron chi connectivity index (χ1n) is 6.42. The number of aryl methyl sites for hydroxylation is 1. The van der Waals surface area contributed by atoms with Gasteiger partial charge in [-0.1, -0.05) is 6.42 Å². The van der Waals surface area contributed by atoms with Crippen molar-refractivity contribution in [2.45, 2.75) is 39.0 Å². The van der Waals surface area contributed by atoms with E-state index in [2.05, 4.69) is 5.32 Å². The zero-order chi connectivity index (χ0) is 13.0. The Kier molecular flexibility index (Phi) is 4.13. The molecular formula is C15H18FNO. The van der Waals surface area contributed by atoms with E-state index in [4.69, 9.17) is 0 Å². The van der Waals surface area contributed by atoms with Gasteiger partial charge in [-0.15, -0.1) is 0 Å². The van der Waals surface area contributed by atoms with E-state index in [1.54, 1.807) is 25.3 Å². The minimum absolute atomic E-state index is 0.209. The molecule has 1 aliphatic rings. The van der Waals surface area contributed by atoms with Gasteiger partial charge in [0.1, 0.15) is 5.82 Å². The van der Waals surface area contributed by atoms with Gasteiger partial charge in [-0.05, 0) is 49.9 Å². The van der Waals surface area contributed by atoms with Crippen LogP contribution >= 0.6 is 0 Å². The third kappa shape index (κ3) is 3.19. The van der Waals surface area contributed by atoms with E-state index in [-0.39, 0.29) is 11.6 Å². The number of hydrogen-bond donors (Lipinski definition) is 1. The molecule has 96 valence electrons. The van der Waals surface area contributed by atoms with E-state index in [1.807, 2.05) is 0 Å². The first kappa shape index (κ1) is 12.8. The molecule has 1 aromatic rings. The number of carbonyl (C=O) groups is 1. The number of nitrogens with one attached hydrogen (secondary N) is 1. The van der Waals surface area contributed by atoms with Crippen molar-refractivity contribution < 1.29 is 9.18 Å². The predicted molar refractivity (Wildman–Crippen MR) is 70.9 cm³/mol. The summed E-state index contributed by atoms with van der Waals surface area (Å²) in [6, 6.07) is 4.86. The van der Waals surface area contributed by atoms with Crippen LogP contribution in [0.2, 0.25) is 0 Å². The minimum Gasteiger partial charge on any atom is -0.361 e. The standard InChI is InChI=1S/C15H18FNO/c1-11-9-13(7-8-14(11)16)17-10-12-5-3-2-4-6-15(12)18/h7-10,17H,2-6H2,1H3/b12-10+. The molecule has 18 heavy (non-hydrogen) atoms. The highest BCUT2D eigenvalue weighted by Gasteiger charge is 2.12. The van der Waals surface area contributed by atoms with Crippen LogP contribution in [0, 0.1) is 12.7 Å². The molecule has 0 aliphatic heterocycles. The number of halogens is 1. The second-order valence-corrected chi connectivity index (χ2v) is 4.76. The highest BCUT2D eigenvalue weighted by Crippen LogP contribution is 2.20. The van der Waals surface area contributed by atoms with Gasteiger partial charge in [0.05, 0.1) is 0 Å². The molecular weight excluding hydrogens is 229 g/mol. The summed E-state index contributed by atoms with van der Waals surface area (Å²) in [6.07, 6.45) is 6.45. The maximum atomic E-state index is 13.1. The van der Waals surface area contributed by atoms with Crippen molar-refractivity contribution in [3.8, 4) is 0 Å². The molecule has 0 spiro atoms. The van der Waals surface area contributed by atoms with Gasteiger partial charge in [0.2, 0.25) is 0 Å². The van der Waals surface area contributed by atoms with Crippen molar-refractivity contribution in [1.29, 1.82) is 0 Å². The van der Waals surface area contributed by atoms with Crippen molar-refractivity contribution >= 4 is 11.5 Å². The average molecular weight is 247 g/mol. The molecule has 0 radical (unpaired) electrons. The number of carbonyl (C=O) groups excluding carboxylic acids is 1. The highest BCUT2D eigenvalue weighted by molar-refractivity contribution is 5.95. The lowest BCUT2D eigenvalue weighted by atomic mass is 10.1. The summed E-state index contributed by atoms with van der Waals surface area (Å²) >= 11 is 0. The number of ketones is 1. The Labute approximate surface area is 107 Å². The lowest BCUT2D eigenvalue weighted by Gasteiger charge is -2.06. The Morgan fingerprint density at radius 3 is 2.78 bits per heavy atom. The van der Waals surface area contributed by atoms with Gasteiger partial charge >= 0.3 is 0 Å². The van der Waals surface area contributed by atoms with Gasteiger partial charge in [-0.2, -0.15) is 0 Å². The Hall–Kier alpha value is -1.64. The SMILES string of the molecule is Cc1cc(N/C=C2\CCCCCC2=O)ccc1F. The van der Waals surface area contributed by atoms with Crippen LogP contribution in [0.4, 0.5) is 10.1 Å². The van der Waals surface area contributed by atoms with Crippen molar-refractivity contribution in [1.82, 2.24) is 0 Å². The maximum Gasteiger partial charge on any atom is 0.160 e. The molecule has 0 amide bonds. The second-order valence-electron chi connectivity index (χ2n) is 4.76. The second kappa shape index (κ2) is 5.80. The Morgan fingerprint density at radius 1 is 1.22 bits per heavy atom. The molecule has 0 saturated heterocycles. The Balaban J connectivity index is 2.08. The Bertz CT molecular complexity index is 479. The number of benzene rings is 1. The topological polar surface area (TPSA) is 29.1 Å². The molecule has 0 unspecified atom stereocenters. The maximum absolute atomic E-state index is 13.1. The fourth-order valence-electron chi connectivity index (χ4n) is 2.14. The summed E-state index contributed by atoms with van der Waals surface area (Å²) in [5.41, 5.74) is 2.28. The van der Waals surface area contributed by atoms with E-state index in [0.29, 0.717) is 12.0 Å². The first-order chi connectivity index (χ1) is 8.66. The molecule has 0 atom stereocenters. The lowest BCUT2D eigenvalue weighted by Crippen LogP contribution is -2.02. The summed E-state index contributed by atoms with van der Waals surface area (Å²) in [4.78, 5) is 11.8. The molecule has 1 aromatic carbocycles. The largest absolute Gasteiger partial charge is 0.361 e. The fraction of sp³-hybridized carbons (Fsp3) is 0.400. The molecule has 2 rings (SSSR count). The quantitative estimate of drug-likeness (QED) is 0.633. The van der Waals surface area contributed by atoms with Crippen LogP contribution in [0.25, 0.3) is 0 Å². The van der Waals surface area contributed by atoms with Crippen molar-refractivity contribution in [3.63, 3.8) is 0 Å². The molecule has 2 nitrogen and oxygen atoms in total. The molecule has 1 aliphatic carbocycles. The van der Waals surface area contributed by atoms with Crippen LogP contribution < -0.4 is 5.32 Å². The van der Waals surface area contributed by atoms with E-state index in [0.717, 1.165) is 36.9 Å². The molecule has 3 heteroatoms. The zero-order valence-electron chi connectivity index (χ0n) is 10.6. The summed E-state index contributed by atoms with van der Waals surface area (Å²) in [5, 5.41) is 3.09. The van der Waals surface area contributed by atoms with Gasteiger partial charge in [-0.25, -0.2) is 4.39 Å². The summed E-state index contributed by atoms with van der Waals surface area (Å²) in [7, 11) is 0. The number of rotatable bonds is 2. The molecule has 0 bridgehead atoms. The smallest absolute Gasteiger partial charge is 0.160 e. The van der Waals surface area contributed by atoms with E-state index in [9.17, 15) is 9.18 Å². The van der Waals surface area contributed by atoms with Crippen molar-refractivity contribution in [2.24, 2.45) is 0 Å². The number of hydrogen-bond acceptors (Lipinski definition) is 2. The third-order valence-corrected chi connectivity index (χ3v) is 3.28. The molecule has 1 N–H and O–H groups in total. The monoisotopic (exact) mass is 247 g/mol. The fourth-order valence-corrected chi connectivity index (χ4v) is 2.14. The van der Waals surface area contributed by atoms with E-state index in [1.165, 1.54) is 6.07 Å². The minimum atomic E-state index is -0.209. The summed E-state index contributed by atoms with van der Waals surface area (Å²) in [6.45, 7) is 1.73. The van der Waals surface area contributed by atoms with Crippen molar-refractivity contribution in [3.05, 3.63) is 41.4 Å². The van der Waals surface area contributed by atoms with Crippen LogP contribution in [0.15, 0.2) is 30.0 Å². The van der Waals surface area contributed by atoms with Crippen molar-refractivity contribution in [2.75, 3.05) is 5.32 Å². The number of anilines is 1. The van der Waals surface area contributed by atoms with Gasteiger partial charge in [0.15, 0.2) is 5.78 Å². The molecule has 0 aromatic heterocycles. The van der Waals surface area contributed by atoms with Gasteiger partial charge < -0.3 is 5.32 Å². The first-order valence-corrected chi connectivity index (χ1v) is 6.42. The highest BCUT2D eigenvalue weighted by atomic mass is 19.1. The van der Waals surface area contributed by atoms with Gasteiger partial charge in [-0.3, -0.25) is 4.79 Å². The van der Waals surface area contributed by atoms with Crippen LogP contribution in [-0.2, 0) is 4.79 Å². The van der Waals surface area contributed by atoms with Crippen LogP contribution in [0.5, 0.6) is 0 Å². The normalized spacial score (nSPS) is 18.8. The van der Waals surface area contributed by atoms with E-state index < -0.39 is 0 Å². The lowest BCUT2D eigenvalue weighted by molar-refractivity contribution is -0.115. The number of allylic oxidation sites excluding steroid dienone is 1. The Morgan fingerprint density at radius 2 is 2.00 bits per heavy atom. The van der Waals surface area contributed by atoms with Crippen LogP contribution in [0.1, 0.15) is 37.7 Å². The third-order valence-electron chi connectivity index (χ3n) is 3.28. The van der Waals surface area contributed by atoms with Crippen LogP contribution in [0.3, 0.4) is 0 Å². The average Bonchev–Trinajstić information content (AvgIpc) is 2.56. The molecule has 1 saturated carbocycles. The van der Waals surface area contributed by atoms with Gasteiger partial charge in [0.25, 0.3) is 0 Å².